The van der Waals surface area contributed by atoms with Crippen molar-refractivity contribution in [3.05, 3.63) is 59.4 Å². The molecule has 0 unspecified atom stereocenters. The molecule has 1 N–H and O–H groups in total. The molecule has 2 aromatic carbocycles. The zero-order chi connectivity index (χ0) is 20.3. The molecule has 2 aromatic rings. The third kappa shape index (κ3) is 5.71. The van der Waals surface area contributed by atoms with Gasteiger partial charge in [-0.1, -0.05) is 39.0 Å². The molecule has 0 amide bonds. The predicted octanol–water partition coefficient (Wildman–Crippen LogP) is 5.37. The standard InChI is InChI=1S/C22H29FN2O2S.ClH/c1-4-12-25-13-11-19(15-25)17-5-8-20(9-6-17)24-28(26,27)22-10-7-18(16(2)3)14-21(22)23;/h5-10,14,16,19,24H,4,11-13,15H2,1-3H3;1H/t19-;/m1./s1. The molecule has 1 atom stereocenters. The molecular formula is C22H30ClFN2O2S. The van der Waals surface area contributed by atoms with Crippen molar-refractivity contribution < 1.29 is 12.8 Å². The lowest BCUT2D eigenvalue weighted by Crippen LogP contribution is -2.20. The highest BCUT2D eigenvalue weighted by atomic mass is 35.5. The van der Waals surface area contributed by atoms with Crippen molar-refractivity contribution in [1.29, 1.82) is 0 Å². The number of likely N-dealkylation sites (tertiary alicyclic amines) is 1. The number of anilines is 1. The van der Waals surface area contributed by atoms with Gasteiger partial charge in [-0.2, -0.15) is 0 Å². The largest absolute Gasteiger partial charge is 0.303 e. The number of hydrogen-bond donors (Lipinski definition) is 1. The van der Waals surface area contributed by atoms with E-state index in [-0.39, 0.29) is 23.2 Å². The first kappa shape index (κ1) is 23.6. The van der Waals surface area contributed by atoms with Crippen molar-refractivity contribution in [3.63, 3.8) is 0 Å². The van der Waals surface area contributed by atoms with Crippen LogP contribution in [0.2, 0.25) is 0 Å². The molecule has 7 heteroatoms. The minimum atomic E-state index is -3.97. The Morgan fingerprint density at radius 3 is 2.45 bits per heavy atom. The summed E-state index contributed by atoms with van der Waals surface area (Å²) < 4.78 is 42.0. The van der Waals surface area contributed by atoms with Gasteiger partial charge in [0.2, 0.25) is 0 Å². The van der Waals surface area contributed by atoms with Gasteiger partial charge < -0.3 is 4.90 Å². The second kappa shape index (κ2) is 9.92. The van der Waals surface area contributed by atoms with E-state index >= 15 is 0 Å². The first-order valence-electron chi connectivity index (χ1n) is 9.94. The van der Waals surface area contributed by atoms with Gasteiger partial charge >= 0.3 is 0 Å². The number of benzene rings is 2. The van der Waals surface area contributed by atoms with E-state index in [0.717, 1.165) is 38.0 Å². The van der Waals surface area contributed by atoms with Crippen molar-refractivity contribution >= 4 is 28.1 Å². The Morgan fingerprint density at radius 2 is 1.86 bits per heavy atom. The normalized spacial score (nSPS) is 17.3. The molecule has 29 heavy (non-hydrogen) atoms. The summed E-state index contributed by atoms with van der Waals surface area (Å²) >= 11 is 0. The Kier molecular flexibility index (Phi) is 8.09. The highest BCUT2D eigenvalue weighted by molar-refractivity contribution is 7.92. The zero-order valence-corrected chi connectivity index (χ0v) is 18.8. The number of hydrogen-bond acceptors (Lipinski definition) is 3. The fourth-order valence-corrected chi connectivity index (χ4v) is 4.87. The Hall–Kier alpha value is -1.63. The summed E-state index contributed by atoms with van der Waals surface area (Å²) in [5.41, 5.74) is 2.43. The summed E-state index contributed by atoms with van der Waals surface area (Å²) in [4.78, 5) is 2.14. The van der Waals surface area contributed by atoms with E-state index in [9.17, 15) is 12.8 Å². The van der Waals surface area contributed by atoms with Gasteiger partial charge in [0.1, 0.15) is 10.7 Å². The summed E-state index contributed by atoms with van der Waals surface area (Å²) in [6.07, 6.45) is 2.28. The molecule has 1 heterocycles. The van der Waals surface area contributed by atoms with Gasteiger partial charge in [0, 0.05) is 12.2 Å². The number of nitrogens with one attached hydrogen (secondary N) is 1. The first-order chi connectivity index (χ1) is 13.3. The van der Waals surface area contributed by atoms with E-state index in [4.69, 9.17) is 0 Å². The van der Waals surface area contributed by atoms with Crippen LogP contribution in [-0.4, -0.2) is 33.0 Å². The lowest BCUT2D eigenvalue weighted by molar-refractivity contribution is 0.335. The van der Waals surface area contributed by atoms with Gasteiger partial charge in [-0.3, -0.25) is 4.72 Å². The maximum atomic E-state index is 14.4. The topological polar surface area (TPSA) is 49.4 Å². The summed E-state index contributed by atoms with van der Waals surface area (Å²) in [5, 5.41) is 0. The Morgan fingerprint density at radius 1 is 1.17 bits per heavy atom. The molecule has 0 aliphatic carbocycles. The van der Waals surface area contributed by atoms with E-state index in [2.05, 4.69) is 16.5 Å². The molecule has 0 saturated carbocycles. The molecule has 1 aliphatic heterocycles. The van der Waals surface area contributed by atoms with Gasteiger partial charge in [0.25, 0.3) is 10.0 Å². The van der Waals surface area contributed by atoms with Crippen LogP contribution >= 0.6 is 12.4 Å². The van der Waals surface area contributed by atoms with E-state index in [1.54, 1.807) is 18.2 Å². The third-order valence-corrected chi connectivity index (χ3v) is 6.77. The maximum absolute atomic E-state index is 14.4. The lowest BCUT2D eigenvalue weighted by Gasteiger charge is -2.15. The van der Waals surface area contributed by atoms with Crippen molar-refractivity contribution in [2.75, 3.05) is 24.4 Å². The predicted molar refractivity (Wildman–Crippen MR) is 119 cm³/mol. The smallest absolute Gasteiger partial charge is 0.264 e. The minimum absolute atomic E-state index is 0. The average Bonchev–Trinajstić information content (AvgIpc) is 3.10. The van der Waals surface area contributed by atoms with Crippen LogP contribution in [0, 0.1) is 5.82 Å². The number of halogens is 2. The SMILES string of the molecule is CCCN1CC[C@@H](c2ccc(NS(=O)(=O)c3ccc(C(C)C)cc3F)cc2)C1.Cl. The lowest BCUT2D eigenvalue weighted by atomic mass is 9.98. The Bertz CT molecular complexity index is 917. The Labute approximate surface area is 180 Å². The number of sulfonamides is 1. The fraction of sp³-hybridized carbons (Fsp3) is 0.455. The molecule has 160 valence electrons. The monoisotopic (exact) mass is 440 g/mol. The van der Waals surface area contributed by atoms with Crippen LogP contribution in [0.1, 0.15) is 56.6 Å². The van der Waals surface area contributed by atoms with E-state index in [0.29, 0.717) is 11.6 Å². The van der Waals surface area contributed by atoms with Crippen molar-refractivity contribution in [2.24, 2.45) is 0 Å². The fourth-order valence-electron chi connectivity index (χ4n) is 3.75. The summed E-state index contributed by atoms with van der Waals surface area (Å²) in [5.74, 6) is -0.105. The first-order valence-corrected chi connectivity index (χ1v) is 11.4. The van der Waals surface area contributed by atoms with Crippen LogP contribution in [0.15, 0.2) is 47.4 Å². The molecule has 0 bridgehead atoms. The van der Waals surface area contributed by atoms with Gasteiger partial charge in [-0.25, -0.2) is 12.8 Å². The number of rotatable bonds is 7. The number of nitrogens with zero attached hydrogens (tertiary/aromatic N) is 1. The molecule has 0 spiro atoms. The molecule has 4 nitrogen and oxygen atoms in total. The maximum Gasteiger partial charge on any atom is 0.264 e. The molecular weight excluding hydrogens is 411 g/mol. The molecule has 3 rings (SSSR count). The molecule has 1 fully saturated rings. The van der Waals surface area contributed by atoms with E-state index in [1.165, 1.54) is 17.7 Å². The molecule has 1 saturated heterocycles. The average molecular weight is 441 g/mol. The van der Waals surface area contributed by atoms with Gasteiger partial charge in [-0.15, -0.1) is 12.4 Å². The van der Waals surface area contributed by atoms with Crippen molar-refractivity contribution in [2.45, 2.75) is 50.3 Å². The summed E-state index contributed by atoms with van der Waals surface area (Å²) in [6.45, 7) is 9.34. The van der Waals surface area contributed by atoms with E-state index in [1.807, 2.05) is 26.0 Å². The molecule has 0 aromatic heterocycles. The molecule has 1 aliphatic rings. The second-order valence-electron chi connectivity index (χ2n) is 7.86. The van der Waals surface area contributed by atoms with Gasteiger partial charge in [-0.05, 0) is 73.2 Å². The minimum Gasteiger partial charge on any atom is -0.303 e. The molecule has 0 radical (unpaired) electrons. The highest BCUT2D eigenvalue weighted by Gasteiger charge is 2.24. The van der Waals surface area contributed by atoms with Crippen LogP contribution in [0.25, 0.3) is 0 Å². The van der Waals surface area contributed by atoms with Crippen molar-refractivity contribution in [1.82, 2.24) is 4.90 Å². The van der Waals surface area contributed by atoms with Crippen molar-refractivity contribution in [3.8, 4) is 0 Å². The third-order valence-electron chi connectivity index (χ3n) is 5.36. The summed E-state index contributed by atoms with van der Waals surface area (Å²) in [7, 11) is -3.97. The van der Waals surface area contributed by atoms with Gasteiger partial charge in [0.15, 0.2) is 0 Å². The van der Waals surface area contributed by atoms with Crippen LogP contribution in [0.4, 0.5) is 10.1 Å². The highest BCUT2D eigenvalue weighted by Crippen LogP contribution is 2.29. The zero-order valence-electron chi connectivity index (χ0n) is 17.2. The van der Waals surface area contributed by atoms with Crippen LogP contribution < -0.4 is 4.72 Å². The Balaban J connectivity index is 0.00000300. The van der Waals surface area contributed by atoms with Crippen LogP contribution in [0.5, 0.6) is 0 Å². The van der Waals surface area contributed by atoms with Crippen LogP contribution in [0.3, 0.4) is 0 Å². The summed E-state index contributed by atoms with van der Waals surface area (Å²) in [6, 6.07) is 11.7. The van der Waals surface area contributed by atoms with Gasteiger partial charge in [0.05, 0.1) is 0 Å². The van der Waals surface area contributed by atoms with Crippen LogP contribution in [-0.2, 0) is 10.0 Å². The second-order valence-corrected chi connectivity index (χ2v) is 9.51. The quantitative estimate of drug-likeness (QED) is 0.629. The van der Waals surface area contributed by atoms with E-state index < -0.39 is 15.8 Å².